The monoisotopic (exact) mass is 275 g/mol. The van der Waals surface area contributed by atoms with Crippen LogP contribution in [0.4, 0.5) is 0 Å². The molecule has 1 saturated carbocycles. The lowest BCUT2D eigenvalue weighted by Crippen LogP contribution is -2.34. The second-order valence-electron chi connectivity index (χ2n) is 4.67. The molecular formula is C11H18BrNO2. The van der Waals surface area contributed by atoms with Gasteiger partial charge in [-0.1, -0.05) is 22.4 Å². The molecule has 0 bridgehead atoms. The fourth-order valence-corrected chi connectivity index (χ4v) is 3.25. The van der Waals surface area contributed by atoms with Crippen LogP contribution in [0.2, 0.25) is 0 Å². The molecule has 1 aliphatic carbocycles. The number of likely N-dealkylation sites (tertiary alicyclic amines) is 1. The van der Waals surface area contributed by atoms with Crippen molar-refractivity contribution in [2.75, 3.05) is 19.7 Å². The highest BCUT2D eigenvalue weighted by molar-refractivity contribution is 9.10. The number of amides is 1. The van der Waals surface area contributed by atoms with E-state index < -0.39 is 0 Å². The van der Waals surface area contributed by atoms with Gasteiger partial charge >= 0.3 is 0 Å². The molecule has 2 fully saturated rings. The average Bonchev–Trinajstić information content (AvgIpc) is 2.80. The molecule has 0 spiro atoms. The lowest BCUT2D eigenvalue weighted by atomic mass is 9.96. The predicted molar refractivity (Wildman–Crippen MR) is 61.8 cm³/mol. The second-order valence-corrected chi connectivity index (χ2v) is 5.78. The van der Waals surface area contributed by atoms with Gasteiger partial charge in [0.25, 0.3) is 0 Å². The van der Waals surface area contributed by atoms with Gasteiger partial charge in [0.15, 0.2) is 0 Å². The number of halogens is 1. The Hall–Kier alpha value is -0.0900. The van der Waals surface area contributed by atoms with Crippen molar-refractivity contribution in [2.45, 2.75) is 30.5 Å². The summed E-state index contributed by atoms with van der Waals surface area (Å²) in [6.07, 6.45) is 4.42. The molecule has 15 heavy (non-hydrogen) atoms. The highest BCUT2D eigenvalue weighted by Crippen LogP contribution is 2.33. The smallest absolute Gasteiger partial charge is 0.236 e. The summed E-state index contributed by atoms with van der Waals surface area (Å²) in [6, 6.07) is 0. The summed E-state index contributed by atoms with van der Waals surface area (Å²) in [5.41, 5.74) is 0. The molecule has 86 valence electrons. The van der Waals surface area contributed by atoms with Crippen molar-refractivity contribution >= 4 is 21.8 Å². The molecule has 2 rings (SSSR count). The number of rotatable bonds is 3. The Kier molecular flexibility index (Phi) is 3.67. The van der Waals surface area contributed by atoms with E-state index in [-0.39, 0.29) is 17.3 Å². The molecule has 3 nitrogen and oxygen atoms in total. The first-order valence-corrected chi connectivity index (χ1v) is 6.67. The zero-order valence-corrected chi connectivity index (χ0v) is 10.4. The Bertz CT molecular complexity index is 247. The molecule has 1 heterocycles. The number of aliphatic hydroxyl groups excluding tert-OH is 1. The second kappa shape index (κ2) is 4.83. The van der Waals surface area contributed by atoms with E-state index in [4.69, 9.17) is 0 Å². The lowest BCUT2D eigenvalue weighted by Gasteiger charge is -2.24. The van der Waals surface area contributed by atoms with E-state index >= 15 is 0 Å². The molecule has 1 N–H and O–H groups in total. The number of carbonyl (C=O) groups excluding carboxylic acids is 1. The third kappa shape index (κ3) is 2.36. The fraction of sp³-hybridized carbons (Fsp3) is 0.909. The van der Waals surface area contributed by atoms with Gasteiger partial charge in [0.1, 0.15) is 0 Å². The number of aliphatic hydroxyl groups is 1. The SMILES string of the molecule is O=C1C(Br)CCN1CC1CCCC1CO. The van der Waals surface area contributed by atoms with Crippen LogP contribution in [0, 0.1) is 11.8 Å². The first-order valence-electron chi connectivity index (χ1n) is 5.76. The summed E-state index contributed by atoms with van der Waals surface area (Å²) in [4.78, 5) is 13.7. The van der Waals surface area contributed by atoms with E-state index in [0.717, 1.165) is 25.9 Å². The van der Waals surface area contributed by atoms with Crippen LogP contribution in [0.1, 0.15) is 25.7 Å². The average molecular weight is 276 g/mol. The van der Waals surface area contributed by atoms with Crippen molar-refractivity contribution in [1.82, 2.24) is 4.90 Å². The summed E-state index contributed by atoms with van der Waals surface area (Å²) in [5, 5.41) is 9.22. The molecular weight excluding hydrogens is 258 g/mol. The van der Waals surface area contributed by atoms with Gasteiger partial charge in [0, 0.05) is 19.7 Å². The highest BCUT2D eigenvalue weighted by atomic mass is 79.9. The van der Waals surface area contributed by atoms with Crippen molar-refractivity contribution in [1.29, 1.82) is 0 Å². The first-order chi connectivity index (χ1) is 7.22. The van der Waals surface area contributed by atoms with Gasteiger partial charge in [-0.05, 0) is 31.1 Å². The van der Waals surface area contributed by atoms with Crippen LogP contribution in [-0.2, 0) is 4.79 Å². The van der Waals surface area contributed by atoms with Crippen molar-refractivity contribution in [3.63, 3.8) is 0 Å². The molecule has 2 aliphatic rings. The third-order valence-corrected chi connectivity index (χ3v) is 4.59. The minimum Gasteiger partial charge on any atom is -0.396 e. The van der Waals surface area contributed by atoms with E-state index in [2.05, 4.69) is 15.9 Å². The maximum Gasteiger partial charge on any atom is 0.236 e. The van der Waals surface area contributed by atoms with Gasteiger partial charge in [0.05, 0.1) is 4.83 Å². The minimum absolute atomic E-state index is 0.0338. The Labute approximate surface area is 99.0 Å². The fourth-order valence-electron chi connectivity index (χ4n) is 2.76. The van der Waals surface area contributed by atoms with E-state index in [1.165, 1.54) is 12.8 Å². The van der Waals surface area contributed by atoms with Gasteiger partial charge < -0.3 is 10.0 Å². The van der Waals surface area contributed by atoms with Gasteiger partial charge in [0.2, 0.25) is 5.91 Å². The zero-order chi connectivity index (χ0) is 10.8. The van der Waals surface area contributed by atoms with Crippen LogP contribution in [0.15, 0.2) is 0 Å². The number of hydrogen-bond donors (Lipinski definition) is 1. The van der Waals surface area contributed by atoms with Crippen LogP contribution < -0.4 is 0 Å². The molecule has 0 aromatic heterocycles. The van der Waals surface area contributed by atoms with Crippen LogP contribution in [-0.4, -0.2) is 40.4 Å². The first kappa shape index (κ1) is 11.4. The summed E-state index contributed by atoms with van der Waals surface area (Å²) in [6.45, 7) is 2.01. The Morgan fingerprint density at radius 2 is 2.07 bits per heavy atom. The van der Waals surface area contributed by atoms with Crippen molar-refractivity contribution in [2.24, 2.45) is 11.8 Å². The number of nitrogens with zero attached hydrogens (tertiary/aromatic N) is 1. The maximum absolute atomic E-state index is 11.7. The van der Waals surface area contributed by atoms with E-state index in [9.17, 15) is 9.90 Å². The largest absolute Gasteiger partial charge is 0.396 e. The molecule has 1 aliphatic heterocycles. The maximum atomic E-state index is 11.7. The topological polar surface area (TPSA) is 40.5 Å². The van der Waals surface area contributed by atoms with E-state index in [0.29, 0.717) is 11.8 Å². The molecule has 0 aromatic carbocycles. The highest BCUT2D eigenvalue weighted by Gasteiger charge is 2.34. The Balaban J connectivity index is 1.89. The lowest BCUT2D eigenvalue weighted by molar-refractivity contribution is -0.127. The zero-order valence-electron chi connectivity index (χ0n) is 8.86. The molecule has 4 heteroatoms. The van der Waals surface area contributed by atoms with Crippen LogP contribution in [0.3, 0.4) is 0 Å². The molecule has 0 aromatic rings. The summed E-state index contributed by atoms with van der Waals surface area (Å²) < 4.78 is 0. The quantitative estimate of drug-likeness (QED) is 0.791. The van der Waals surface area contributed by atoms with Crippen LogP contribution in [0.5, 0.6) is 0 Å². The molecule has 1 amide bonds. The number of carbonyl (C=O) groups is 1. The Morgan fingerprint density at radius 3 is 2.67 bits per heavy atom. The summed E-state index contributed by atoms with van der Waals surface area (Å²) in [7, 11) is 0. The van der Waals surface area contributed by atoms with Crippen molar-refractivity contribution in [3.05, 3.63) is 0 Å². The molecule has 3 unspecified atom stereocenters. The standard InChI is InChI=1S/C11H18BrNO2/c12-10-4-5-13(11(10)15)6-8-2-1-3-9(8)7-14/h8-10,14H,1-7H2. The van der Waals surface area contributed by atoms with Crippen LogP contribution in [0.25, 0.3) is 0 Å². The van der Waals surface area contributed by atoms with Crippen molar-refractivity contribution in [3.8, 4) is 0 Å². The number of hydrogen-bond acceptors (Lipinski definition) is 2. The Morgan fingerprint density at radius 1 is 1.33 bits per heavy atom. The van der Waals surface area contributed by atoms with Gasteiger partial charge in [-0.25, -0.2) is 0 Å². The van der Waals surface area contributed by atoms with Crippen LogP contribution >= 0.6 is 15.9 Å². The molecule has 1 saturated heterocycles. The van der Waals surface area contributed by atoms with Gasteiger partial charge in [-0.3, -0.25) is 4.79 Å². The van der Waals surface area contributed by atoms with E-state index in [1.807, 2.05) is 4.90 Å². The summed E-state index contributed by atoms with van der Waals surface area (Å²) >= 11 is 3.39. The predicted octanol–water partition coefficient (Wildman–Crippen LogP) is 1.39. The molecule has 3 atom stereocenters. The molecule has 0 radical (unpaired) electrons. The van der Waals surface area contributed by atoms with Crippen molar-refractivity contribution < 1.29 is 9.90 Å². The van der Waals surface area contributed by atoms with Gasteiger partial charge in [-0.15, -0.1) is 0 Å². The normalized spacial score (nSPS) is 36.5. The summed E-state index contributed by atoms with van der Waals surface area (Å²) in [5.74, 6) is 1.18. The van der Waals surface area contributed by atoms with Gasteiger partial charge in [-0.2, -0.15) is 0 Å². The minimum atomic E-state index is 0.0338. The van der Waals surface area contributed by atoms with E-state index in [1.54, 1.807) is 0 Å². The number of alkyl halides is 1. The third-order valence-electron chi connectivity index (χ3n) is 3.74.